The van der Waals surface area contributed by atoms with Crippen molar-refractivity contribution < 1.29 is 8.42 Å². The molecule has 0 bridgehead atoms. The summed E-state index contributed by atoms with van der Waals surface area (Å²) in [6.45, 7) is 2.54. The predicted octanol–water partition coefficient (Wildman–Crippen LogP) is 0.478. The molecule has 3 nitrogen and oxygen atoms in total. The van der Waals surface area contributed by atoms with Crippen LogP contribution in [0.1, 0.15) is 26.2 Å². The van der Waals surface area contributed by atoms with E-state index in [0.29, 0.717) is 6.54 Å². The molecule has 0 aromatic carbocycles. The van der Waals surface area contributed by atoms with Gasteiger partial charge in [-0.25, -0.2) is 13.1 Å². The van der Waals surface area contributed by atoms with E-state index in [2.05, 4.69) is 4.72 Å². The van der Waals surface area contributed by atoms with E-state index in [0.717, 1.165) is 19.3 Å². The molecule has 0 aromatic rings. The Labute approximate surface area is 61.9 Å². The largest absolute Gasteiger partial charge is 0.215 e. The second-order valence-corrected chi connectivity index (χ2v) is 4.66. The van der Waals surface area contributed by atoms with Crippen LogP contribution in [0, 0.1) is 0 Å². The van der Waals surface area contributed by atoms with Crippen LogP contribution in [-0.2, 0) is 10.0 Å². The predicted molar refractivity (Wildman–Crippen MR) is 40.2 cm³/mol. The smallest absolute Gasteiger partial charge is 0.214 e. The van der Waals surface area contributed by atoms with E-state index in [1.54, 1.807) is 0 Å². The lowest BCUT2D eigenvalue weighted by Crippen LogP contribution is -2.39. The Bertz CT molecular complexity index is 198. The first-order valence-corrected chi connectivity index (χ1v) is 5.20. The number of sulfonamides is 1. The minimum atomic E-state index is -2.92. The van der Waals surface area contributed by atoms with Crippen molar-refractivity contribution in [3.63, 3.8) is 0 Å². The van der Waals surface area contributed by atoms with Gasteiger partial charge in [0.1, 0.15) is 0 Å². The Kier molecular flexibility index (Phi) is 2.31. The van der Waals surface area contributed by atoms with Gasteiger partial charge in [0, 0.05) is 6.54 Å². The van der Waals surface area contributed by atoms with Crippen LogP contribution in [0.25, 0.3) is 0 Å². The van der Waals surface area contributed by atoms with Crippen molar-refractivity contribution >= 4 is 10.0 Å². The second-order valence-electron chi connectivity index (χ2n) is 2.61. The van der Waals surface area contributed by atoms with E-state index in [1.807, 2.05) is 6.92 Å². The highest BCUT2D eigenvalue weighted by Crippen LogP contribution is 2.14. The molecule has 1 N–H and O–H groups in total. The van der Waals surface area contributed by atoms with Crippen molar-refractivity contribution in [1.29, 1.82) is 0 Å². The van der Waals surface area contributed by atoms with E-state index in [-0.39, 0.29) is 5.25 Å². The molecule has 0 radical (unpaired) electrons. The fraction of sp³-hybridized carbons (Fsp3) is 1.00. The van der Waals surface area contributed by atoms with Crippen molar-refractivity contribution in [3.05, 3.63) is 0 Å². The molecule has 1 aliphatic heterocycles. The van der Waals surface area contributed by atoms with Crippen LogP contribution in [0.5, 0.6) is 0 Å². The third kappa shape index (κ3) is 1.49. The Morgan fingerprint density at radius 2 is 2.30 bits per heavy atom. The van der Waals surface area contributed by atoms with E-state index < -0.39 is 10.0 Å². The summed E-state index contributed by atoms with van der Waals surface area (Å²) in [7, 11) is -2.92. The van der Waals surface area contributed by atoms with Crippen LogP contribution >= 0.6 is 0 Å². The number of rotatable bonds is 1. The van der Waals surface area contributed by atoms with Gasteiger partial charge in [-0.1, -0.05) is 6.92 Å². The lowest BCUT2D eigenvalue weighted by atomic mass is 10.2. The average Bonchev–Trinajstić information content (AvgIpc) is 1.87. The first-order chi connectivity index (χ1) is 4.67. The Balaban J connectivity index is 2.70. The maximum atomic E-state index is 11.1. The van der Waals surface area contributed by atoms with Crippen LogP contribution < -0.4 is 4.72 Å². The standard InChI is InChI=1S/C6H13NO2S/c1-2-6-4-3-5-7-10(6,8)9/h6-7H,2-5H2,1H3. The lowest BCUT2D eigenvalue weighted by Gasteiger charge is -2.21. The van der Waals surface area contributed by atoms with E-state index >= 15 is 0 Å². The van der Waals surface area contributed by atoms with Crippen LogP contribution in [-0.4, -0.2) is 20.2 Å². The zero-order valence-electron chi connectivity index (χ0n) is 6.13. The van der Waals surface area contributed by atoms with Gasteiger partial charge in [-0.15, -0.1) is 0 Å². The average molecular weight is 163 g/mol. The number of hydrogen-bond acceptors (Lipinski definition) is 2. The monoisotopic (exact) mass is 163 g/mol. The zero-order valence-corrected chi connectivity index (χ0v) is 6.95. The quantitative estimate of drug-likeness (QED) is 0.611. The molecule has 10 heavy (non-hydrogen) atoms. The summed E-state index contributed by atoms with van der Waals surface area (Å²) in [5, 5.41) is -0.138. The molecule has 1 heterocycles. The maximum absolute atomic E-state index is 11.1. The minimum absolute atomic E-state index is 0.138. The SMILES string of the molecule is CCC1CCCNS1(=O)=O. The van der Waals surface area contributed by atoms with Crippen molar-refractivity contribution in [2.75, 3.05) is 6.54 Å². The van der Waals surface area contributed by atoms with Crippen molar-refractivity contribution in [1.82, 2.24) is 4.72 Å². The summed E-state index contributed by atoms with van der Waals surface area (Å²) in [5.74, 6) is 0. The summed E-state index contributed by atoms with van der Waals surface area (Å²) in [6.07, 6.45) is 2.54. The Morgan fingerprint density at radius 3 is 2.70 bits per heavy atom. The highest BCUT2D eigenvalue weighted by atomic mass is 32.2. The molecule has 60 valence electrons. The molecule has 0 saturated carbocycles. The molecular formula is C6H13NO2S. The molecule has 1 unspecified atom stereocenters. The highest BCUT2D eigenvalue weighted by molar-refractivity contribution is 7.90. The fourth-order valence-electron chi connectivity index (χ4n) is 1.24. The summed E-state index contributed by atoms with van der Waals surface area (Å²) < 4.78 is 24.7. The lowest BCUT2D eigenvalue weighted by molar-refractivity contribution is 0.520. The summed E-state index contributed by atoms with van der Waals surface area (Å²) >= 11 is 0. The van der Waals surface area contributed by atoms with Gasteiger partial charge in [-0.2, -0.15) is 0 Å². The topological polar surface area (TPSA) is 46.2 Å². The summed E-state index contributed by atoms with van der Waals surface area (Å²) in [4.78, 5) is 0. The zero-order chi connectivity index (χ0) is 7.61. The number of hydrogen-bond donors (Lipinski definition) is 1. The van der Waals surface area contributed by atoms with Gasteiger partial charge < -0.3 is 0 Å². The van der Waals surface area contributed by atoms with Gasteiger partial charge >= 0.3 is 0 Å². The molecule has 1 atom stereocenters. The molecule has 4 heteroatoms. The van der Waals surface area contributed by atoms with Gasteiger partial charge in [-0.3, -0.25) is 0 Å². The summed E-state index contributed by atoms with van der Waals surface area (Å²) in [6, 6.07) is 0. The summed E-state index contributed by atoms with van der Waals surface area (Å²) in [5.41, 5.74) is 0. The molecule has 1 aliphatic rings. The molecule has 0 aliphatic carbocycles. The van der Waals surface area contributed by atoms with Crippen LogP contribution in [0.2, 0.25) is 0 Å². The third-order valence-corrected chi connectivity index (χ3v) is 3.95. The highest BCUT2D eigenvalue weighted by Gasteiger charge is 2.26. The first kappa shape index (κ1) is 8.01. The maximum Gasteiger partial charge on any atom is 0.214 e. The molecule has 0 spiro atoms. The first-order valence-electron chi connectivity index (χ1n) is 3.65. The fourth-order valence-corrected chi connectivity index (χ4v) is 2.82. The van der Waals surface area contributed by atoms with E-state index in [4.69, 9.17) is 0 Å². The van der Waals surface area contributed by atoms with Crippen molar-refractivity contribution in [2.45, 2.75) is 31.4 Å². The van der Waals surface area contributed by atoms with Gasteiger partial charge in [-0.05, 0) is 19.3 Å². The normalized spacial score (nSPS) is 31.9. The molecule has 0 amide bonds. The molecule has 1 rings (SSSR count). The molecule has 0 aromatic heterocycles. The molecule has 1 fully saturated rings. The Morgan fingerprint density at radius 1 is 1.60 bits per heavy atom. The second kappa shape index (κ2) is 2.88. The number of nitrogens with one attached hydrogen (secondary N) is 1. The van der Waals surface area contributed by atoms with Gasteiger partial charge in [0.2, 0.25) is 10.0 Å². The third-order valence-electron chi connectivity index (χ3n) is 1.90. The van der Waals surface area contributed by atoms with E-state index in [9.17, 15) is 8.42 Å². The van der Waals surface area contributed by atoms with Gasteiger partial charge in [0.15, 0.2) is 0 Å². The minimum Gasteiger partial charge on any atom is -0.215 e. The van der Waals surface area contributed by atoms with Gasteiger partial charge in [0.25, 0.3) is 0 Å². The van der Waals surface area contributed by atoms with Crippen molar-refractivity contribution in [2.24, 2.45) is 0 Å². The van der Waals surface area contributed by atoms with Crippen LogP contribution in [0.3, 0.4) is 0 Å². The van der Waals surface area contributed by atoms with Crippen molar-refractivity contribution in [3.8, 4) is 0 Å². The molecular weight excluding hydrogens is 150 g/mol. The van der Waals surface area contributed by atoms with E-state index in [1.165, 1.54) is 0 Å². The van der Waals surface area contributed by atoms with Crippen LogP contribution in [0.15, 0.2) is 0 Å². The van der Waals surface area contributed by atoms with Gasteiger partial charge in [0.05, 0.1) is 5.25 Å². The van der Waals surface area contributed by atoms with Crippen LogP contribution in [0.4, 0.5) is 0 Å². The molecule has 1 saturated heterocycles. The Hall–Kier alpha value is -0.0900.